The van der Waals surface area contributed by atoms with Crippen LogP contribution in [0.2, 0.25) is 5.02 Å². The lowest BCUT2D eigenvalue weighted by Crippen LogP contribution is -2.43. The Morgan fingerprint density at radius 2 is 1.88 bits per heavy atom. The molecule has 3 heterocycles. The van der Waals surface area contributed by atoms with Crippen molar-refractivity contribution in [3.8, 4) is 16.9 Å². The third-order valence-electron chi connectivity index (χ3n) is 6.05. The van der Waals surface area contributed by atoms with Crippen molar-refractivity contribution < 1.29 is 14.3 Å². The summed E-state index contributed by atoms with van der Waals surface area (Å²) in [5.41, 5.74) is 5.05. The molecule has 0 fully saturated rings. The molecule has 6 nitrogen and oxygen atoms in total. The minimum Gasteiger partial charge on any atom is -0.497 e. The molecule has 0 atom stereocenters. The van der Waals surface area contributed by atoms with E-state index in [4.69, 9.17) is 16.3 Å². The fourth-order valence-corrected chi connectivity index (χ4v) is 4.51. The van der Waals surface area contributed by atoms with Crippen LogP contribution in [0.5, 0.6) is 5.75 Å². The molecule has 5 rings (SSSR count). The van der Waals surface area contributed by atoms with E-state index < -0.39 is 0 Å². The van der Waals surface area contributed by atoms with Crippen LogP contribution in [0.3, 0.4) is 0 Å². The first-order valence-corrected chi connectivity index (χ1v) is 10.9. The Hall–Kier alpha value is -3.38. The highest BCUT2D eigenvalue weighted by Crippen LogP contribution is 2.32. The highest BCUT2D eigenvalue weighted by Gasteiger charge is 2.31. The van der Waals surface area contributed by atoms with Gasteiger partial charge in [-0.05, 0) is 59.0 Å². The monoisotopic (exact) mass is 447 g/mol. The van der Waals surface area contributed by atoms with Crippen LogP contribution >= 0.6 is 11.6 Å². The first-order valence-electron chi connectivity index (χ1n) is 10.5. The molecule has 0 bridgehead atoms. The maximum atomic E-state index is 13.1. The number of rotatable bonds is 4. The van der Waals surface area contributed by atoms with Crippen LogP contribution in [-0.2, 0) is 29.1 Å². The van der Waals surface area contributed by atoms with E-state index in [0.29, 0.717) is 36.8 Å². The first kappa shape index (κ1) is 20.5. The van der Waals surface area contributed by atoms with Gasteiger partial charge in [-0.25, -0.2) is 4.98 Å². The minimum atomic E-state index is -0.0953. The number of hydrogen-bond donors (Lipinski definition) is 0. The molecule has 2 aliphatic heterocycles. The van der Waals surface area contributed by atoms with Gasteiger partial charge in [-0.1, -0.05) is 29.8 Å². The van der Waals surface area contributed by atoms with Gasteiger partial charge >= 0.3 is 0 Å². The number of aryl methyl sites for hydroxylation is 1. The molecule has 0 aliphatic carbocycles. The fourth-order valence-electron chi connectivity index (χ4n) is 4.32. The Labute approximate surface area is 191 Å². The molecule has 2 aromatic carbocycles. The summed E-state index contributed by atoms with van der Waals surface area (Å²) in [6, 6.07) is 15.5. The third-order valence-corrected chi connectivity index (χ3v) is 6.28. The van der Waals surface area contributed by atoms with Crippen LogP contribution in [0, 0.1) is 0 Å². The molecule has 32 heavy (non-hydrogen) atoms. The summed E-state index contributed by atoms with van der Waals surface area (Å²) in [4.78, 5) is 33.6. The molecule has 0 N–H and O–H groups in total. The molecule has 0 spiro atoms. The molecule has 1 aromatic heterocycles. The number of nitrogens with zero attached hydrogens (tertiary/aromatic N) is 3. The summed E-state index contributed by atoms with van der Waals surface area (Å²) in [7, 11) is 1.63. The summed E-state index contributed by atoms with van der Waals surface area (Å²) in [6.45, 7) is 1.04. The van der Waals surface area contributed by atoms with Crippen molar-refractivity contribution in [1.29, 1.82) is 0 Å². The van der Waals surface area contributed by atoms with E-state index in [1.165, 1.54) is 4.90 Å². The van der Waals surface area contributed by atoms with Gasteiger partial charge in [-0.15, -0.1) is 0 Å². The number of carbonyl (C=O) groups excluding carboxylic acids is 2. The molecule has 0 saturated heterocycles. The van der Waals surface area contributed by atoms with Crippen molar-refractivity contribution in [2.24, 2.45) is 0 Å². The van der Waals surface area contributed by atoms with Crippen molar-refractivity contribution in [1.82, 2.24) is 9.88 Å². The van der Waals surface area contributed by atoms with Crippen LogP contribution in [0.15, 0.2) is 54.7 Å². The molecule has 0 unspecified atom stereocenters. The van der Waals surface area contributed by atoms with E-state index >= 15 is 0 Å². The predicted molar refractivity (Wildman–Crippen MR) is 123 cm³/mol. The predicted octanol–water partition coefficient (Wildman–Crippen LogP) is 4.23. The average Bonchev–Trinajstić information content (AvgIpc) is 3.24. The van der Waals surface area contributed by atoms with Gasteiger partial charge in [0, 0.05) is 36.3 Å². The number of hydrogen-bond acceptors (Lipinski definition) is 4. The van der Waals surface area contributed by atoms with Gasteiger partial charge in [0.05, 0.1) is 7.11 Å². The molecule has 2 amide bonds. The molecule has 2 aliphatic rings. The SMILES string of the molecule is COc1ccc2c(c1)CN(C(=O)CN1C(=O)CCc3cc(-c4cccc(Cl)c4)cnc31)C2. The van der Waals surface area contributed by atoms with E-state index in [0.717, 1.165) is 33.6 Å². The number of carbonyl (C=O) groups is 2. The highest BCUT2D eigenvalue weighted by atomic mass is 35.5. The second-order valence-corrected chi connectivity index (χ2v) is 8.52. The lowest BCUT2D eigenvalue weighted by molar-refractivity contribution is -0.132. The van der Waals surface area contributed by atoms with E-state index in [1.54, 1.807) is 18.2 Å². The number of ether oxygens (including phenoxy) is 1. The van der Waals surface area contributed by atoms with E-state index in [1.807, 2.05) is 48.5 Å². The molecular weight excluding hydrogens is 426 g/mol. The summed E-state index contributed by atoms with van der Waals surface area (Å²) in [6.07, 6.45) is 2.70. The van der Waals surface area contributed by atoms with Crippen LogP contribution in [-0.4, -0.2) is 35.4 Å². The Morgan fingerprint density at radius 1 is 1.03 bits per heavy atom. The van der Waals surface area contributed by atoms with Crippen molar-refractivity contribution in [2.45, 2.75) is 25.9 Å². The first-order chi connectivity index (χ1) is 15.5. The smallest absolute Gasteiger partial charge is 0.243 e. The van der Waals surface area contributed by atoms with E-state index in [2.05, 4.69) is 4.98 Å². The number of fused-ring (bicyclic) bond motifs is 2. The maximum Gasteiger partial charge on any atom is 0.243 e. The summed E-state index contributed by atoms with van der Waals surface area (Å²) < 4.78 is 5.29. The molecule has 162 valence electrons. The van der Waals surface area contributed by atoms with Crippen molar-refractivity contribution in [3.63, 3.8) is 0 Å². The Morgan fingerprint density at radius 3 is 2.69 bits per heavy atom. The molecule has 0 radical (unpaired) electrons. The summed E-state index contributed by atoms with van der Waals surface area (Å²) >= 11 is 6.13. The molecular formula is C25H22ClN3O3. The van der Waals surface area contributed by atoms with Gasteiger partial charge in [-0.3, -0.25) is 14.5 Å². The molecule has 3 aromatic rings. The highest BCUT2D eigenvalue weighted by molar-refractivity contribution is 6.30. The number of halogens is 1. The molecule has 0 saturated carbocycles. The zero-order valence-electron chi connectivity index (χ0n) is 17.7. The van der Waals surface area contributed by atoms with Crippen LogP contribution in [0.1, 0.15) is 23.1 Å². The maximum absolute atomic E-state index is 13.1. The zero-order valence-corrected chi connectivity index (χ0v) is 18.4. The number of anilines is 1. The van der Waals surface area contributed by atoms with Crippen molar-refractivity contribution in [3.05, 3.63) is 76.4 Å². The summed E-state index contributed by atoms with van der Waals surface area (Å²) in [5.74, 6) is 1.17. The molecule has 7 heteroatoms. The van der Waals surface area contributed by atoms with E-state index in [-0.39, 0.29) is 18.4 Å². The number of amides is 2. The number of aromatic nitrogens is 1. The van der Waals surface area contributed by atoms with Gasteiger partial charge in [0.1, 0.15) is 18.1 Å². The van der Waals surface area contributed by atoms with Gasteiger partial charge < -0.3 is 9.64 Å². The summed E-state index contributed by atoms with van der Waals surface area (Å²) in [5, 5.41) is 0.659. The average molecular weight is 448 g/mol. The van der Waals surface area contributed by atoms with Crippen molar-refractivity contribution >= 4 is 29.2 Å². The second-order valence-electron chi connectivity index (χ2n) is 8.08. The van der Waals surface area contributed by atoms with Crippen molar-refractivity contribution in [2.75, 3.05) is 18.6 Å². The third kappa shape index (κ3) is 3.82. The van der Waals surface area contributed by atoms with E-state index in [9.17, 15) is 9.59 Å². The van der Waals surface area contributed by atoms with Gasteiger partial charge in [0.25, 0.3) is 0 Å². The topological polar surface area (TPSA) is 62.7 Å². The Balaban J connectivity index is 1.36. The van der Waals surface area contributed by atoms with Gasteiger partial charge in [0.15, 0.2) is 0 Å². The standard InChI is InChI=1S/C25H22ClN3O3/c1-32-22-7-5-18-13-28(14-20(18)11-22)24(31)15-29-23(30)8-6-17-9-19(12-27-25(17)29)16-3-2-4-21(26)10-16/h2-5,7,9-12H,6,8,13-15H2,1H3. The fraction of sp³-hybridized carbons (Fsp3) is 0.240. The Kier molecular flexibility index (Phi) is 5.31. The second kappa shape index (κ2) is 8.28. The lowest BCUT2D eigenvalue weighted by Gasteiger charge is -2.29. The van der Waals surface area contributed by atoms with Crippen LogP contribution in [0.4, 0.5) is 5.82 Å². The normalized spacial score (nSPS) is 14.9. The Bertz CT molecular complexity index is 1230. The van der Waals surface area contributed by atoms with Crippen LogP contribution in [0.25, 0.3) is 11.1 Å². The minimum absolute atomic E-state index is 0.0134. The number of pyridine rings is 1. The van der Waals surface area contributed by atoms with Crippen LogP contribution < -0.4 is 9.64 Å². The van der Waals surface area contributed by atoms with Gasteiger partial charge in [-0.2, -0.15) is 0 Å². The quantitative estimate of drug-likeness (QED) is 0.600. The lowest BCUT2D eigenvalue weighted by atomic mass is 10.00. The van der Waals surface area contributed by atoms with Gasteiger partial charge in [0.2, 0.25) is 11.8 Å². The number of benzene rings is 2. The zero-order chi connectivity index (χ0) is 22.2. The largest absolute Gasteiger partial charge is 0.497 e. The number of methoxy groups -OCH3 is 1.